The Balaban J connectivity index is 0. The van der Waals surface area contributed by atoms with Crippen LogP contribution in [0.3, 0.4) is 0 Å². The zero-order chi connectivity index (χ0) is 0. The van der Waals surface area contributed by atoms with Crippen LogP contribution < -0.4 is 4.70 Å². The van der Waals surface area contributed by atoms with E-state index in [0.29, 0.717) is 0 Å². The van der Waals surface area contributed by atoms with Crippen molar-refractivity contribution in [2.24, 2.45) is 0 Å². The number of rotatable bonds is 0. The molecular formula is H8CrFO4+2. The predicted octanol–water partition coefficient (Wildman–Crippen LogP) is -6.30. The normalized spacial score (nSPS) is 0. The molecule has 0 aliphatic carbocycles. The van der Waals surface area contributed by atoms with Crippen molar-refractivity contribution < 1.29 is 44.0 Å². The average molecular weight is 143 g/mol. The van der Waals surface area contributed by atoms with E-state index in [1.807, 2.05) is 0 Å². The summed E-state index contributed by atoms with van der Waals surface area (Å²) in [7, 11) is 0. The van der Waals surface area contributed by atoms with E-state index in [1.165, 1.54) is 0 Å². The Morgan fingerprint density at radius 2 is 0.500 bits per heavy atom. The van der Waals surface area contributed by atoms with Crippen LogP contribution in [-0.4, -0.2) is 21.9 Å². The molecule has 0 aromatic rings. The second kappa shape index (κ2) is 1070. The summed E-state index contributed by atoms with van der Waals surface area (Å²) in [5, 5.41) is 0. The van der Waals surface area contributed by atoms with Crippen LogP contribution in [0.2, 0.25) is 0 Å². The first-order chi connectivity index (χ1) is 0. The monoisotopic (exact) mass is 143 g/mol. The number of hydrogen-bond donors (Lipinski definition) is 0. The third-order valence-corrected chi connectivity index (χ3v) is 0. The van der Waals surface area contributed by atoms with Crippen molar-refractivity contribution in [2.45, 2.75) is 0 Å². The molecular weight excluding hydrogens is 135 g/mol. The van der Waals surface area contributed by atoms with E-state index >= 15 is 0 Å². The van der Waals surface area contributed by atoms with Crippen LogP contribution in [0.25, 0.3) is 0 Å². The molecule has 0 amide bonds. The summed E-state index contributed by atoms with van der Waals surface area (Å²) < 4.78 is 0. The topological polar surface area (TPSA) is 126 Å². The molecule has 0 spiro atoms. The van der Waals surface area contributed by atoms with Crippen LogP contribution in [0.1, 0.15) is 0 Å². The van der Waals surface area contributed by atoms with Gasteiger partial charge >= 0.3 is 17.4 Å². The van der Waals surface area contributed by atoms with Crippen molar-refractivity contribution in [3.05, 3.63) is 0 Å². The average Bonchev–Trinajstić information content (AvgIpc) is 0. The summed E-state index contributed by atoms with van der Waals surface area (Å²) in [5.74, 6) is 0. The molecule has 0 rings (SSSR count). The molecule has 0 saturated carbocycles. The first-order valence-corrected chi connectivity index (χ1v) is 0. The van der Waals surface area contributed by atoms with Gasteiger partial charge in [-0.3, -0.25) is 0 Å². The van der Waals surface area contributed by atoms with Crippen molar-refractivity contribution >= 4 is 0 Å². The van der Waals surface area contributed by atoms with Crippen LogP contribution in [-0.2, 0) is 17.4 Å². The van der Waals surface area contributed by atoms with Gasteiger partial charge in [0.15, 0.2) is 0 Å². The van der Waals surface area contributed by atoms with Gasteiger partial charge in [0.2, 0.25) is 0 Å². The van der Waals surface area contributed by atoms with Crippen LogP contribution >= 0.6 is 0 Å². The molecule has 0 aromatic heterocycles. The van der Waals surface area contributed by atoms with E-state index in [9.17, 15) is 0 Å². The maximum atomic E-state index is 0. The second-order valence-corrected chi connectivity index (χ2v) is 0. The Kier molecular flexibility index (Phi) is 346000. The van der Waals surface area contributed by atoms with Gasteiger partial charge < -0.3 is 26.6 Å². The van der Waals surface area contributed by atoms with Gasteiger partial charge in [0, 0.05) is 0 Å². The Morgan fingerprint density at radius 3 is 0.500 bits per heavy atom. The zero-order valence-corrected chi connectivity index (χ0v) is 4.06. The van der Waals surface area contributed by atoms with E-state index in [-0.39, 0.29) is 44.0 Å². The predicted molar refractivity (Wildman–Crippen MR) is 14.5 cm³/mol. The molecule has 0 atom stereocenters. The summed E-state index contributed by atoms with van der Waals surface area (Å²) >= 11 is 0. The van der Waals surface area contributed by atoms with Gasteiger partial charge in [0.05, 0.1) is 0 Å². The third kappa shape index (κ3) is 513. The zero-order valence-electron chi connectivity index (χ0n) is 2.79. The van der Waals surface area contributed by atoms with Gasteiger partial charge in [-0.25, -0.2) is 0 Å². The molecule has 1 radical (unpaired) electrons. The molecule has 4 nitrogen and oxygen atoms in total. The van der Waals surface area contributed by atoms with Crippen LogP contribution in [0.5, 0.6) is 0 Å². The second-order valence-electron chi connectivity index (χ2n) is 0. The summed E-state index contributed by atoms with van der Waals surface area (Å²) in [5.41, 5.74) is 0. The molecule has 0 bridgehead atoms. The Morgan fingerprint density at radius 1 is 0.500 bits per heavy atom. The van der Waals surface area contributed by atoms with E-state index in [1.54, 1.807) is 0 Å². The van der Waals surface area contributed by atoms with E-state index in [2.05, 4.69) is 0 Å². The molecule has 0 saturated heterocycles. The maximum Gasteiger partial charge on any atom is 3.00 e. The minimum Gasteiger partial charge on any atom is -1.00 e. The van der Waals surface area contributed by atoms with Gasteiger partial charge in [0.1, 0.15) is 0 Å². The molecule has 0 unspecified atom stereocenters. The van der Waals surface area contributed by atoms with Gasteiger partial charge in [-0.1, -0.05) is 0 Å². The Hall–Kier alpha value is 0.302. The molecule has 0 aliphatic heterocycles. The standard InChI is InChI=1S/Cr.FH.4H2O/h;1H;4*1H2/q+3;;;;;/p-1. The first kappa shape index (κ1) is 1940. The van der Waals surface area contributed by atoms with E-state index < -0.39 is 0 Å². The molecule has 6 heteroatoms. The van der Waals surface area contributed by atoms with Crippen LogP contribution in [0.4, 0.5) is 0 Å². The van der Waals surface area contributed by atoms with Crippen molar-refractivity contribution in [3.63, 3.8) is 0 Å². The number of hydrogen-bond acceptors (Lipinski definition) is 0. The molecule has 0 fully saturated rings. The quantitative estimate of drug-likeness (QED) is 0.319. The van der Waals surface area contributed by atoms with E-state index in [0.717, 1.165) is 0 Å². The van der Waals surface area contributed by atoms with Gasteiger partial charge in [-0.2, -0.15) is 0 Å². The van der Waals surface area contributed by atoms with Crippen LogP contribution in [0.15, 0.2) is 0 Å². The summed E-state index contributed by atoms with van der Waals surface area (Å²) in [6, 6.07) is 0. The fourth-order valence-electron chi connectivity index (χ4n) is 0. The molecule has 0 aromatic carbocycles. The van der Waals surface area contributed by atoms with Gasteiger partial charge in [-0.15, -0.1) is 0 Å². The fourth-order valence-corrected chi connectivity index (χ4v) is 0. The van der Waals surface area contributed by atoms with Crippen molar-refractivity contribution in [3.8, 4) is 0 Å². The number of halogens is 1. The SMILES string of the molecule is O.O.O.O.[Cr+3].[F-]. The van der Waals surface area contributed by atoms with Crippen molar-refractivity contribution in [1.82, 2.24) is 0 Å². The largest absolute Gasteiger partial charge is 3.00 e. The minimum atomic E-state index is 0. The molecule has 0 aliphatic rings. The van der Waals surface area contributed by atoms with Gasteiger partial charge in [0.25, 0.3) is 0 Å². The fraction of sp³-hybridized carbons (Fsp3) is 0. The van der Waals surface area contributed by atoms with Crippen LogP contribution in [0, 0.1) is 0 Å². The smallest absolute Gasteiger partial charge is 1.00 e. The molecule has 8 N–H and O–H groups in total. The van der Waals surface area contributed by atoms with Crippen molar-refractivity contribution in [2.75, 3.05) is 0 Å². The Labute approximate surface area is 44.9 Å². The maximum absolute atomic E-state index is 0. The summed E-state index contributed by atoms with van der Waals surface area (Å²) in [6.07, 6.45) is 0. The summed E-state index contributed by atoms with van der Waals surface area (Å²) in [6.45, 7) is 0. The van der Waals surface area contributed by atoms with Gasteiger partial charge in [-0.05, 0) is 0 Å². The third-order valence-electron chi connectivity index (χ3n) is 0. The van der Waals surface area contributed by atoms with Crippen molar-refractivity contribution in [1.29, 1.82) is 0 Å². The Bertz CT molecular complexity index is 7.51. The summed E-state index contributed by atoms with van der Waals surface area (Å²) in [4.78, 5) is 0. The first-order valence-electron chi connectivity index (χ1n) is 0. The molecule has 6 heavy (non-hydrogen) atoms. The molecule has 0 heterocycles. The van der Waals surface area contributed by atoms with E-state index in [4.69, 9.17) is 0 Å². The minimum absolute atomic E-state index is 0. The molecule has 43 valence electrons.